The van der Waals surface area contributed by atoms with Crippen LogP contribution in [0.25, 0.3) is 0 Å². The summed E-state index contributed by atoms with van der Waals surface area (Å²) >= 11 is 1.13. The Morgan fingerprint density at radius 3 is 2.52 bits per heavy atom. The number of nitrogens with zero attached hydrogens (tertiary/aromatic N) is 2. The quantitative estimate of drug-likeness (QED) is 0.545. The Balaban J connectivity index is 2.02. The van der Waals surface area contributed by atoms with Crippen LogP contribution in [-0.4, -0.2) is 63.5 Å². The van der Waals surface area contributed by atoms with Crippen molar-refractivity contribution in [1.29, 1.82) is 0 Å². The molecule has 2 heterocycles. The predicted molar refractivity (Wildman–Crippen MR) is 74.6 cm³/mol. The molecule has 2 fully saturated rings. The largest absolute Gasteiger partial charge is 0.362 e. The van der Waals surface area contributed by atoms with Crippen molar-refractivity contribution in [3.05, 3.63) is 0 Å². The summed E-state index contributed by atoms with van der Waals surface area (Å²) in [6.45, 7) is 3.23. The van der Waals surface area contributed by atoms with E-state index in [-0.39, 0.29) is 23.4 Å². The van der Waals surface area contributed by atoms with E-state index in [1.807, 2.05) is 0 Å². The molecule has 2 aliphatic rings. The van der Waals surface area contributed by atoms with Crippen LogP contribution >= 0.6 is 11.8 Å². The van der Waals surface area contributed by atoms with Gasteiger partial charge >= 0.3 is 10.3 Å². The maximum atomic E-state index is 12.0. The lowest BCUT2D eigenvalue weighted by molar-refractivity contribution is -0.154. The first-order valence-corrected chi connectivity index (χ1v) is 8.74. The highest BCUT2D eigenvalue weighted by Gasteiger charge is 2.55. The lowest BCUT2D eigenvalue weighted by Crippen LogP contribution is -2.70. The fourth-order valence-corrected chi connectivity index (χ4v) is 4.29. The van der Waals surface area contributed by atoms with Gasteiger partial charge in [0.1, 0.15) is 6.04 Å². The second-order valence-corrected chi connectivity index (χ2v) is 7.70. The first-order chi connectivity index (χ1) is 9.62. The van der Waals surface area contributed by atoms with Crippen molar-refractivity contribution in [1.82, 2.24) is 9.21 Å². The van der Waals surface area contributed by atoms with E-state index in [0.717, 1.165) is 11.8 Å². The van der Waals surface area contributed by atoms with Crippen LogP contribution in [-0.2, 0) is 24.7 Å². The Bertz CT molecular complexity index is 590. The van der Waals surface area contributed by atoms with E-state index in [2.05, 4.69) is 0 Å². The second-order valence-electron chi connectivity index (χ2n) is 5.22. The number of carbonyl (C=O) groups is 3. The van der Waals surface area contributed by atoms with Gasteiger partial charge in [-0.05, 0) is 12.8 Å². The smallest absolute Gasteiger partial charge is 0.328 e. The van der Waals surface area contributed by atoms with Crippen LogP contribution in [0.15, 0.2) is 0 Å². The molecule has 0 aromatic rings. The van der Waals surface area contributed by atoms with E-state index in [9.17, 15) is 22.8 Å². The zero-order valence-corrected chi connectivity index (χ0v) is 13.2. The van der Waals surface area contributed by atoms with Gasteiger partial charge in [-0.1, -0.05) is 11.8 Å². The topological polar surface area (TPSA) is 112 Å². The number of thioether (sulfide) groups is 1. The van der Waals surface area contributed by atoms with Gasteiger partial charge in [0.05, 0.1) is 6.04 Å². The van der Waals surface area contributed by atoms with Crippen molar-refractivity contribution < 1.29 is 27.4 Å². The number of amides is 2. The van der Waals surface area contributed by atoms with E-state index in [1.165, 1.54) is 18.7 Å². The zero-order chi connectivity index (χ0) is 15.9. The van der Waals surface area contributed by atoms with Crippen LogP contribution in [0.5, 0.6) is 0 Å². The molecule has 118 valence electrons. The van der Waals surface area contributed by atoms with Crippen molar-refractivity contribution >= 4 is 39.0 Å². The van der Waals surface area contributed by atoms with Crippen molar-refractivity contribution in [2.75, 3.05) is 12.3 Å². The van der Waals surface area contributed by atoms with Crippen LogP contribution in [0.4, 0.5) is 0 Å². The highest BCUT2D eigenvalue weighted by molar-refractivity contribution is 8.13. The molecule has 2 aliphatic heterocycles. The monoisotopic (exact) mass is 336 g/mol. The number of carbonyl (C=O) groups excluding carboxylic acids is 3. The molecule has 0 aromatic carbocycles. The van der Waals surface area contributed by atoms with Gasteiger partial charge in [-0.25, -0.2) is 4.31 Å². The standard InChI is InChI=1S/C11H16N2O6S2/c1-6-10(11(16)13(6)21(17,18)19)12-4-8(3-9(12)15)5-20-7(2)14/h6,8,10H,3-5H2,1-2H3,(H,17,18,19)/t6-,8?,10-/m0/s1. The molecule has 0 aliphatic carbocycles. The second kappa shape index (κ2) is 5.58. The minimum Gasteiger partial charge on any atom is -0.328 e. The summed E-state index contributed by atoms with van der Waals surface area (Å²) in [4.78, 5) is 36.1. The van der Waals surface area contributed by atoms with Crippen LogP contribution in [0.1, 0.15) is 20.3 Å². The lowest BCUT2D eigenvalue weighted by Gasteiger charge is -2.46. The third-order valence-electron chi connectivity index (χ3n) is 3.64. The molecule has 0 saturated carbocycles. The highest BCUT2D eigenvalue weighted by atomic mass is 32.2. The molecule has 2 rings (SSSR count). The van der Waals surface area contributed by atoms with E-state index in [1.54, 1.807) is 0 Å². The highest BCUT2D eigenvalue weighted by Crippen LogP contribution is 2.32. The first kappa shape index (κ1) is 16.2. The van der Waals surface area contributed by atoms with Crippen molar-refractivity contribution in [3.63, 3.8) is 0 Å². The molecule has 8 nitrogen and oxygen atoms in total. The fourth-order valence-electron chi connectivity index (χ4n) is 2.73. The average Bonchev–Trinajstić information content (AvgIpc) is 2.66. The molecular weight excluding hydrogens is 320 g/mol. The van der Waals surface area contributed by atoms with Crippen LogP contribution in [0, 0.1) is 5.92 Å². The van der Waals surface area contributed by atoms with Crippen molar-refractivity contribution in [2.24, 2.45) is 5.92 Å². The summed E-state index contributed by atoms with van der Waals surface area (Å²) in [5.41, 5.74) is 0. The van der Waals surface area contributed by atoms with Crippen molar-refractivity contribution in [3.8, 4) is 0 Å². The molecule has 3 atom stereocenters. The van der Waals surface area contributed by atoms with Crippen LogP contribution < -0.4 is 0 Å². The van der Waals surface area contributed by atoms with E-state index >= 15 is 0 Å². The maximum absolute atomic E-state index is 12.0. The summed E-state index contributed by atoms with van der Waals surface area (Å²) < 4.78 is 31.4. The molecule has 0 spiro atoms. The number of hydrogen-bond donors (Lipinski definition) is 1. The molecular formula is C11H16N2O6S2. The van der Waals surface area contributed by atoms with Gasteiger partial charge in [0.25, 0.3) is 5.91 Å². The van der Waals surface area contributed by atoms with Gasteiger partial charge < -0.3 is 4.90 Å². The first-order valence-electron chi connectivity index (χ1n) is 6.36. The molecule has 2 saturated heterocycles. The minimum atomic E-state index is -4.58. The lowest BCUT2D eigenvalue weighted by atomic mass is 9.99. The maximum Gasteiger partial charge on any atom is 0.362 e. The van der Waals surface area contributed by atoms with Gasteiger partial charge in [0.2, 0.25) is 5.91 Å². The number of likely N-dealkylation sites (tertiary alicyclic amines) is 1. The Hall–Kier alpha value is -1.13. The summed E-state index contributed by atoms with van der Waals surface area (Å²) in [7, 11) is -4.58. The molecule has 21 heavy (non-hydrogen) atoms. The minimum absolute atomic E-state index is 0.0356. The zero-order valence-electron chi connectivity index (χ0n) is 11.6. The molecule has 10 heteroatoms. The average molecular weight is 336 g/mol. The SMILES string of the molecule is CC(=O)SCC1CC(=O)N([C@@H]2C(=O)N(S(=O)(=O)O)[C@H]2C)C1. The normalized spacial score (nSPS) is 29.8. The summed E-state index contributed by atoms with van der Waals surface area (Å²) in [5, 5.41) is -0.0356. The van der Waals surface area contributed by atoms with Gasteiger partial charge in [-0.2, -0.15) is 8.42 Å². The molecule has 0 aromatic heterocycles. The summed E-state index contributed by atoms with van der Waals surface area (Å²) in [6, 6.07) is -1.64. The Morgan fingerprint density at radius 1 is 1.43 bits per heavy atom. The number of hydrogen-bond acceptors (Lipinski definition) is 6. The Morgan fingerprint density at radius 2 is 2.05 bits per heavy atom. The third-order valence-corrected chi connectivity index (χ3v) is 5.70. The Kier molecular flexibility index (Phi) is 4.31. The fraction of sp³-hybridized carbons (Fsp3) is 0.727. The van der Waals surface area contributed by atoms with Crippen LogP contribution in [0.3, 0.4) is 0 Å². The van der Waals surface area contributed by atoms with E-state index < -0.39 is 28.3 Å². The number of rotatable bonds is 4. The number of β-lactam (4-membered cyclic amide) rings is 1. The van der Waals surface area contributed by atoms with Crippen LogP contribution in [0.2, 0.25) is 0 Å². The summed E-state index contributed by atoms with van der Waals surface area (Å²) in [6.07, 6.45) is 0.239. The van der Waals surface area contributed by atoms with Crippen molar-refractivity contribution in [2.45, 2.75) is 32.4 Å². The predicted octanol–water partition coefficient (Wildman–Crippen LogP) is -0.483. The molecule has 0 radical (unpaired) electrons. The third kappa shape index (κ3) is 3.06. The molecule has 0 bridgehead atoms. The van der Waals surface area contributed by atoms with E-state index in [0.29, 0.717) is 16.6 Å². The van der Waals surface area contributed by atoms with Gasteiger partial charge in [0.15, 0.2) is 5.12 Å². The molecule has 1 N–H and O–H groups in total. The van der Waals surface area contributed by atoms with E-state index in [4.69, 9.17) is 4.55 Å². The van der Waals surface area contributed by atoms with Gasteiger partial charge in [0, 0.05) is 25.6 Å². The molecule has 2 amide bonds. The summed E-state index contributed by atoms with van der Waals surface area (Å²) in [5.74, 6) is -0.566. The van der Waals surface area contributed by atoms with Gasteiger partial charge in [-0.3, -0.25) is 18.9 Å². The molecule has 1 unspecified atom stereocenters. The Labute approximate surface area is 126 Å². The van der Waals surface area contributed by atoms with Gasteiger partial charge in [-0.15, -0.1) is 0 Å².